The van der Waals surface area contributed by atoms with Gasteiger partial charge in [0.25, 0.3) is 0 Å². The van der Waals surface area contributed by atoms with Gasteiger partial charge in [0.05, 0.1) is 12.2 Å². The molecule has 0 aromatic carbocycles. The molecule has 2 rings (SSSR count). The van der Waals surface area contributed by atoms with Gasteiger partial charge in [-0.3, -0.25) is 4.99 Å². The number of hydrogen-bond acceptors (Lipinski definition) is 4. The fourth-order valence-corrected chi connectivity index (χ4v) is 2.79. The SMILES string of the molecule is CC[C@H](C)NC(=NC)NCc1ccc(N2C[C@H](C)O[C@@H](C)C2)nc1. The highest BCUT2D eigenvalue weighted by Crippen LogP contribution is 2.18. The third kappa shape index (κ3) is 5.37. The molecule has 1 aliphatic rings. The van der Waals surface area contributed by atoms with Crippen molar-refractivity contribution in [3.63, 3.8) is 0 Å². The second-order valence-electron chi connectivity index (χ2n) is 6.57. The monoisotopic (exact) mass is 333 g/mol. The van der Waals surface area contributed by atoms with E-state index in [2.05, 4.69) is 65.3 Å². The highest BCUT2D eigenvalue weighted by atomic mass is 16.5. The van der Waals surface area contributed by atoms with E-state index in [-0.39, 0.29) is 12.2 Å². The lowest BCUT2D eigenvalue weighted by Gasteiger charge is -2.36. The molecule has 1 fully saturated rings. The summed E-state index contributed by atoms with van der Waals surface area (Å²) in [6.45, 7) is 11.0. The zero-order chi connectivity index (χ0) is 17.5. The van der Waals surface area contributed by atoms with E-state index in [1.165, 1.54) is 0 Å². The van der Waals surface area contributed by atoms with E-state index >= 15 is 0 Å². The average molecular weight is 333 g/mol. The van der Waals surface area contributed by atoms with Crippen molar-refractivity contribution in [3.8, 4) is 0 Å². The molecule has 0 amide bonds. The second-order valence-corrected chi connectivity index (χ2v) is 6.57. The van der Waals surface area contributed by atoms with Crippen LogP contribution in [0.5, 0.6) is 0 Å². The topological polar surface area (TPSA) is 61.8 Å². The van der Waals surface area contributed by atoms with Crippen molar-refractivity contribution in [1.82, 2.24) is 15.6 Å². The predicted molar refractivity (Wildman–Crippen MR) is 99.5 cm³/mol. The molecule has 1 aromatic heterocycles. The Morgan fingerprint density at radius 1 is 1.38 bits per heavy atom. The molecule has 24 heavy (non-hydrogen) atoms. The number of aromatic nitrogens is 1. The van der Waals surface area contributed by atoms with Crippen molar-refractivity contribution in [2.75, 3.05) is 25.0 Å². The van der Waals surface area contributed by atoms with Gasteiger partial charge in [0.15, 0.2) is 5.96 Å². The standard InChI is InChI=1S/C18H31N5O/c1-6-13(2)22-18(19-5)21-10-16-7-8-17(20-9-16)23-11-14(3)24-15(4)12-23/h7-9,13-15H,6,10-12H2,1-5H3,(H2,19,21,22)/t13-,14-,15-/m0/s1. The Labute approximate surface area is 145 Å². The van der Waals surface area contributed by atoms with E-state index in [9.17, 15) is 0 Å². The Kier molecular flexibility index (Phi) is 6.85. The van der Waals surface area contributed by atoms with Gasteiger partial charge in [-0.2, -0.15) is 0 Å². The van der Waals surface area contributed by atoms with Crippen LogP contribution in [0.2, 0.25) is 0 Å². The van der Waals surface area contributed by atoms with Gasteiger partial charge >= 0.3 is 0 Å². The van der Waals surface area contributed by atoms with Crippen LogP contribution in [0, 0.1) is 0 Å². The number of hydrogen-bond donors (Lipinski definition) is 2. The van der Waals surface area contributed by atoms with Crippen molar-refractivity contribution in [2.24, 2.45) is 4.99 Å². The second kappa shape index (κ2) is 8.87. The summed E-state index contributed by atoms with van der Waals surface area (Å²) >= 11 is 0. The highest BCUT2D eigenvalue weighted by Gasteiger charge is 2.22. The van der Waals surface area contributed by atoms with E-state index in [1.54, 1.807) is 7.05 Å². The summed E-state index contributed by atoms with van der Waals surface area (Å²) in [4.78, 5) is 11.2. The number of aliphatic imine (C=N–C) groups is 1. The third-order valence-electron chi connectivity index (χ3n) is 4.23. The van der Waals surface area contributed by atoms with Crippen LogP contribution in [-0.4, -0.2) is 49.3 Å². The molecule has 0 aliphatic carbocycles. The van der Waals surface area contributed by atoms with E-state index in [0.717, 1.165) is 36.9 Å². The molecule has 1 saturated heterocycles. The normalized spacial score (nSPS) is 23.0. The number of rotatable bonds is 5. The predicted octanol–water partition coefficient (Wildman–Crippen LogP) is 2.16. The van der Waals surface area contributed by atoms with Crippen molar-refractivity contribution in [1.29, 1.82) is 0 Å². The number of morpholine rings is 1. The molecule has 1 aromatic rings. The molecule has 0 radical (unpaired) electrons. The fourth-order valence-electron chi connectivity index (χ4n) is 2.79. The van der Waals surface area contributed by atoms with Gasteiger partial charge in [-0.25, -0.2) is 4.98 Å². The summed E-state index contributed by atoms with van der Waals surface area (Å²) < 4.78 is 5.78. The van der Waals surface area contributed by atoms with Gasteiger partial charge in [-0.1, -0.05) is 13.0 Å². The van der Waals surface area contributed by atoms with Gasteiger partial charge in [-0.15, -0.1) is 0 Å². The summed E-state index contributed by atoms with van der Waals surface area (Å²) in [5, 5.41) is 6.69. The molecular formula is C18H31N5O. The molecule has 6 heteroatoms. The summed E-state index contributed by atoms with van der Waals surface area (Å²) in [6.07, 6.45) is 3.48. The van der Waals surface area contributed by atoms with Gasteiger partial charge in [0.2, 0.25) is 0 Å². The first-order chi connectivity index (χ1) is 11.5. The largest absolute Gasteiger partial charge is 0.372 e. The van der Waals surface area contributed by atoms with E-state index < -0.39 is 0 Å². The summed E-state index contributed by atoms with van der Waals surface area (Å²) in [7, 11) is 1.79. The Bertz CT molecular complexity index is 521. The quantitative estimate of drug-likeness (QED) is 0.639. The van der Waals surface area contributed by atoms with E-state index in [0.29, 0.717) is 12.6 Å². The number of nitrogens with one attached hydrogen (secondary N) is 2. The zero-order valence-electron chi connectivity index (χ0n) is 15.5. The smallest absolute Gasteiger partial charge is 0.191 e. The fraction of sp³-hybridized carbons (Fsp3) is 0.667. The summed E-state index contributed by atoms with van der Waals surface area (Å²) in [5.41, 5.74) is 1.14. The Morgan fingerprint density at radius 2 is 2.08 bits per heavy atom. The minimum atomic E-state index is 0.242. The molecule has 6 nitrogen and oxygen atoms in total. The van der Waals surface area contributed by atoms with Crippen LogP contribution in [-0.2, 0) is 11.3 Å². The van der Waals surface area contributed by atoms with Gasteiger partial charge in [-0.05, 0) is 38.8 Å². The van der Waals surface area contributed by atoms with Crippen LogP contribution in [0.1, 0.15) is 39.7 Å². The lowest BCUT2D eigenvalue weighted by atomic mass is 10.2. The Hall–Kier alpha value is -1.82. The molecule has 0 bridgehead atoms. The van der Waals surface area contributed by atoms with Gasteiger partial charge in [0, 0.05) is 38.9 Å². The van der Waals surface area contributed by atoms with Crippen LogP contribution >= 0.6 is 0 Å². The Balaban J connectivity index is 1.90. The Morgan fingerprint density at radius 3 is 2.62 bits per heavy atom. The molecule has 3 atom stereocenters. The van der Waals surface area contributed by atoms with Crippen LogP contribution in [0.4, 0.5) is 5.82 Å². The molecule has 0 saturated carbocycles. The first-order valence-corrected chi connectivity index (χ1v) is 8.84. The van der Waals surface area contributed by atoms with Crippen LogP contribution in [0.15, 0.2) is 23.3 Å². The average Bonchev–Trinajstić information content (AvgIpc) is 2.58. The maximum atomic E-state index is 5.78. The number of ether oxygens (including phenoxy) is 1. The maximum Gasteiger partial charge on any atom is 0.191 e. The van der Waals surface area contributed by atoms with Crippen LogP contribution in [0.3, 0.4) is 0 Å². The van der Waals surface area contributed by atoms with E-state index in [4.69, 9.17) is 4.74 Å². The first-order valence-electron chi connectivity index (χ1n) is 8.84. The van der Waals surface area contributed by atoms with Crippen molar-refractivity contribution in [2.45, 2.75) is 58.9 Å². The number of guanidine groups is 1. The number of nitrogens with zero attached hydrogens (tertiary/aromatic N) is 3. The molecule has 1 aliphatic heterocycles. The summed E-state index contributed by atoms with van der Waals surface area (Å²) in [6, 6.07) is 4.62. The lowest BCUT2D eigenvalue weighted by molar-refractivity contribution is -0.00545. The third-order valence-corrected chi connectivity index (χ3v) is 4.23. The molecular weight excluding hydrogens is 302 g/mol. The zero-order valence-corrected chi connectivity index (χ0v) is 15.5. The molecule has 2 heterocycles. The van der Waals surface area contributed by atoms with Gasteiger partial charge < -0.3 is 20.3 Å². The number of anilines is 1. The first kappa shape index (κ1) is 18.5. The summed E-state index contributed by atoms with van der Waals surface area (Å²) in [5.74, 6) is 1.84. The van der Waals surface area contributed by atoms with Crippen molar-refractivity contribution >= 4 is 11.8 Å². The van der Waals surface area contributed by atoms with E-state index in [1.807, 2.05) is 6.20 Å². The lowest BCUT2D eigenvalue weighted by Crippen LogP contribution is -2.45. The molecule has 134 valence electrons. The maximum absolute atomic E-state index is 5.78. The molecule has 0 unspecified atom stereocenters. The van der Waals surface area contributed by atoms with Gasteiger partial charge in [0.1, 0.15) is 5.82 Å². The minimum absolute atomic E-state index is 0.242. The van der Waals surface area contributed by atoms with Crippen LogP contribution < -0.4 is 15.5 Å². The minimum Gasteiger partial charge on any atom is -0.372 e. The number of pyridine rings is 1. The molecule has 0 spiro atoms. The van der Waals surface area contributed by atoms with Crippen LogP contribution in [0.25, 0.3) is 0 Å². The van der Waals surface area contributed by atoms with Crippen molar-refractivity contribution < 1.29 is 4.74 Å². The van der Waals surface area contributed by atoms with Crippen molar-refractivity contribution in [3.05, 3.63) is 23.9 Å². The molecule has 2 N–H and O–H groups in total. The highest BCUT2D eigenvalue weighted by molar-refractivity contribution is 5.79.